The Labute approximate surface area is 167 Å². The van der Waals surface area contributed by atoms with E-state index < -0.39 is 0 Å². The van der Waals surface area contributed by atoms with Crippen molar-refractivity contribution < 1.29 is 47.1 Å². The summed E-state index contributed by atoms with van der Waals surface area (Å²) in [5.41, 5.74) is 4.43. The maximum absolute atomic E-state index is 2.32. The fraction of sp³-hybridized carbons (Fsp3) is 0.684. The molecule has 22 heavy (non-hydrogen) atoms. The molecule has 0 aliphatic heterocycles. The van der Waals surface area contributed by atoms with E-state index in [0.29, 0.717) is 0 Å². The second-order valence-electron chi connectivity index (χ2n) is 5.31. The van der Waals surface area contributed by atoms with Crippen LogP contribution in [0.15, 0.2) is 18.2 Å². The van der Waals surface area contributed by atoms with E-state index >= 15 is 0 Å². The molecule has 0 spiro atoms. The first kappa shape index (κ1) is 30.2. The SMILES string of the molecule is CCC(CC)CC.CCc1cc(CC)cc(CC)c1.F.F.[Ar]. The Morgan fingerprint density at radius 2 is 0.818 bits per heavy atom. The smallest absolute Gasteiger partial charge is 0 e. The fourth-order valence-electron chi connectivity index (χ4n) is 2.32. The molecular formula is C19H36ArF2. The first-order valence-corrected chi connectivity index (χ1v) is 8.26. The van der Waals surface area contributed by atoms with E-state index in [1.54, 1.807) is 0 Å². The molecule has 0 N–H and O–H groups in total. The second-order valence-corrected chi connectivity index (χ2v) is 5.31. The Kier molecular flexibility index (Phi) is 26.7. The third-order valence-electron chi connectivity index (χ3n) is 4.07. The van der Waals surface area contributed by atoms with Crippen molar-refractivity contribution in [2.45, 2.75) is 80.1 Å². The monoisotopic (exact) mass is 342 g/mol. The van der Waals surface area contributed by atoms with Crippen LogP contribution in [0.25, 0.3) is 0 Å². The summed E-state index contributed by atoms with van der Waals surface area (Å²) in [7, 11) is 0. The van der Waals surface area contributed by atoms with Gasteiger partial charge in [0.15, 0.2) is 0 Å². The van der Waals surface area contributed by atoms with Gasteiger partial charge in [0.1, 0.15) is 0 Å². The van der Waals surface area contributed by atoms with E-state index in [-0.39, 0.29) is 47.1 Å². The molecular weight excluding hydrogens is 306 g/mol. The molecule has 0 atom stereocenters. The number of rotatable bonds is 6. The van der Waals surface area contributed by atoms with E-state index in [9.17, 15) is 0 Å². The van der Waals surface area contributed by atoms with Crippen molar-refractivity contribution in [1.82, 2.24) is 0 Å². The predicted octanol–water partition coefficient (Wildman–Crippen LogP) is 6.51. The van der Waals surface area contributed by atoms with Crippen molar-refractivity contribution in [1.29, 1.82) is 0 Å². The molecule has 0 heterocycles. The Morgan fingerprint density at radius 1 is 0.591 bits per heavy atom. The average Bonchev–Trinajstić information content (AvgIpc) is 2.49. The van der Waals surface area contributed by atoms with E-state index in [0.717, 1.165) is 25.2 Å². The van der Waals surface area contributed by atoms with Gasteiger partial charge in [-0.05, 0) is 41.9 Å². The first-order chi connectivity index (χ1) is 9.14. The van der Waals surface area contributed by atoms with Crippen LogP contribution in [0.4, 0.5) is 9.41 Å². The van der Waals surface area contributed by atoms with E-state index in [4.69, 9.17) is 0 Å². The van der Waals surface area contributed by atoms with Crippen LogP contribution < -0.4 is 0 Å². The molecule has 0 aromatic heterocycles. The minimum atomic E-state index is 0. The molecule has 0 radical (unpaired) electrons. The summed E-state index contributed by atoms with van der Waals surface area (Å²) in [4.78, 5) is 0. The number of benzene rings is 1. The topological polar surface area (TPSA) is 0 Å². The summed E-state index contributed by atoms with van der Waals surface area (Å²) in [5, 5.41) is 0. The normalized spacial score (nSPS) is 8.86. The molecule has 0 bridgehead atoms. The van der Waals surface area contributed by atoms with Gasteiger partial charge in [0.05, 0.1) is 0 Å². The number of halogens is 2. The van der Waals surface area contributed by atoms with Gasteiger partial charge in [-0.15, -0.1) is 0 Å². The van der Waals surface area contributed by atoms with Crippen molar-refractivity contribution >= 4 is 0 Å². The van der Waals surface area contributed by atoms with Gasteiger partial charge < -0.3 is 0 Å². The van der Waals surface area contributed by atoms with Gasteiger partial charge in [-0.3, -0.25) is 9.41 Å². The van der Waals surface area contributed by atoms with E-state index in [1.165, 1.54) is 36.0 Å². The maximum Gasteiger partial charge on any atom is 0 e. The molecule has 1 rings (SSSR count). The summed E-state index contributed by atoms with van der Waals surface area (Å²) in [5.74, 6) is 0.986. The summed E-state index contributed by atoms with van der Waals surface area (Å²) >= 11 is 0. The van der Waals surface area contributed by atoms with Crippen LogP contribution in [0.3, 0.4) is 0 Å². The standard InChI is InChI=1S/C12H18.C7H16.Ar.2FH/c1-4-10-7-11(5-2)9-12(6-3)8-10;1-4-7(5-2)6-3;;;/h7-9H,4-6H2,1-3H3;7H,4-6H2,1-3H3;;2*1H. The molecule has 134 valence electrons. The van der Waals surface area contributed by atoms with Gasteiger partial charge in [0.2, 0.25) is 0 Å². The Hall–Kier alpha value is 0.340. The third kappa shape index (κ3) is 12.8. The van der Waals surface area contributed by atoms with Gasteiger partial charge in [0, 0.05) is 37.7 Å². The summed E-state index contributed by atoms with van der Waals surface area (Å²) < 4.78 is 0. The van der Waals surface area contributed by atoms with Crippen molar-refractivity contribution in [3.05, 3.63) is 34.9 Å². The van der Waals surface area contributed by atoms with E-state index in [2.05, 4.69) is 59.7 Å². The number of aryl methyl sites for hydroxylation is 3. The van der Waals surface area contributed by atoms with Crippen LogP contribution in [0.2, 0.25) is 0 Å². The average molecular weight is 342 g/mol. The quantitative estimate of drug-likeness (QED) is 0.553. The molecule has 1 aromatic rings. The first-order valence-electron chi connectivity index (χ1n) is 8.26. The van der Waals surface area contributed by atoms with Crippen LogP contribution in [0.5, 0.6) is 0 Å². The molecule has 0 unspecified atom stereocenters. The summed E-state index contributed by atoms with van der Waals surface area (Å²) in [6, 6.07) is 6.96. The summed E-state index contributed by atoms with van der Waals surface area (Å²) in [6.07, 6.45) is 7.52. The molecule has 0 saturated heterocycles. The zero-order valence-corrected chi connectivity index (χ0v) is 15.9. The molecule has 0 fully saturated rings. The fourth-order valence-corrected chi connectivity index (χ4v) is 2.32. The van der Waals surface area contributed by atoms with Gasteiger partial charge in [-0.2, -0.15) is 0 Å². The Bertz CT molecular complexity index is 275. The number of hydrogen-bond donors (Lipinski definition) is 0. The minimum absolute atomic E-state index is 0. The Morgan fingerprint density at radius 3 is 0.909 bits per heavy atom. The third-order valence-corrected chi connectivity index (χ3v) is 4.07. The van der Waals surface area contributed by atoms with Gasteiger partial charge >= 0.3 is 0 Å². The van der Waals surface area contributed by atoms with Gasteiger partial charge in [0.25, 0.3) is 0 Å². The largest absolute Gasteiger partial charge is 0.269 e. The molecule has 0 saturated carbocycles. The Balaban J connectivity index is -0.000000144. The second kappa shape index (κ2) is 19.4. The van der Waals surface area contributed by atoms with Gasteiger partial charge in [-0.1, -0.05) is 79.0 Å². The van der Waals surface area contributed by atoms with Crippen LogP contribution in [0.1, 0.15) is 77.5 Å². The van der Waals surface area contributed by atoms with Crippen LogP contribution >= 0.6 is 0 Å². The maximum atomic E-state index is 2.32. The van der Waals surface area contributed by atoms with Crippen LogP contribution in [-0.4, -0.2) is 0 Å². The van der Waals surface area contributed by atoms with E-state index in [1.807, 2.05) is 0 Å². The van der Waals surface area contributed by atoms with Crippen molar-refractivity contribution in [2.75, 3.05) is 0 Å². The van der Waals surface area contributed by atoms with Gasteiger partial charge in [-0.25, -0.2) is 0 Å². The molecule has 0 aliphatic carbocycles. The predicted molar refractivity (Wildman–Crippen MR) is 93.9 cm³/mol. The molecule has 3 heteroatoms. The van der Waals surface area contributed by atoms with Crippen molar-refractivity contribution in [3.63, 3.8) is 0 Å². The zero-order valence-electron chi connectivity index (χ0n) is 15.2. The summed E-state index contributed by atoms with van der Waals surface area (Å²) in [6.45, 7) is 13.4. The number of hydrogen-bond acceptors (Lipinski definition) is 0. The zero-order chi connectivity index (χ0) is 14.7. The molecule has 0 nitrogen and oxygen atoms in total. The van der Waals surface area contributed by atoms with Crippen molar-refractivity contribution in [3.8, 4) is 0 Å². The van der Waals surface area contributed by atoms with Crippen molar-refractivity contribution in [2.24, 2.45) is 5.92 Å². The minimum Gasteiger partial charge on any atom is -0.269 e. The molecule has 0 amide bonds. The molecule has 1 aromatic carbocycles. The molecule has 0 aliphatic rings. The van der Waals surface area contributed by atoms with Crippen LogP contribution in [-0.2, 0) is 19.3 Å². The van der Waals surface area contributed by atoms with Crippen LogP contribution in [0, 0.1) is 43.7 Å².